The zero-order chi connectivity index (χ0) is 18.6. The van der Waals surface area contributed by atoms with Crippen LogP contribution in [-0.2, 0) is 6.54 Å². The van der Waals surface area contributed by atoms with Gasteiger partial charge in [0.15, 0.2) is 0 Å². The normalized spacial score (nSPS) is 17.4. The molecule has 0 bridgehead atoms. The van der Waals surface area contributed by atoms with Crippen molar-refractivity contribution in [1.29, 1.82) is 0 Å². The van der Waals surface area contributed by atoms with Crippen LogP contribution in [0.15, 0.2) is 35.7 Å². The summed E-state index contributed by atoms with van der Waals surface area (Å²) in [6.45, 7) is 6.95. The lowest BCUT2D eigenvalue weighted by Gasteiger charge is -2.33. The van der Waals surface area contributed by atoms with Crippen LogP contribution in [0.5, 0.6) is 0 Å². The van der Waals surface area contributed by atoms with Gasteiger partial charge >= 0.3 is 0 Å². The third kappa shape index (κ3) is 4.27. The molecule has 0 amide bonds. The molecule has 142 valence electrons. The summed E-state index contributed by atoms with van der Waals surface area (Å²) in [5.74, 6) is 3.39. The number of hydrogen-bond donors (Lipinski definition) is 1. The number of thiazole rings is 1. The third-order valence-electron chi connectivity index (χ3n) is 4.76. The van der Waals surface area contributed by atoms with Gasteiger partial charge in [-0.25, -0.2) is 19.9 Å². The van der Waals surface area contributed by atoms with Crippen LogP contribution >= 0.6 is 11.3 Å². The van der Waals surface area contributed by atoms with E-state index in [1.54, 1.807) is 17.7 Å². The smallest absolute Gasteiger partial charge is 0.134 e. The number of hydrogen-bond acceptors (Lipinski definition) is 7. The molecule has 1 N–H and O–H groups in total. The van der Waals surface area contributed by atoms with Crippen LogP contribution in [0.4, 0.5) is 11.6 Å². The molecule has 1 saturated heterocycles. The first kappa shape index (κ1) is 17.9. The summed E-state index contributed by atoms with van der Waals surface area (Å²) in [5, 5.41) is 5.45. The molecule has 1 fully saturated rings. The van der Waals surface area contributed by atoms with Gasteiger partial charge in [-0.2, -0.15) is 0 Å². The summed E-state index contributed by atoms with van der Waals surface area (Å²) in [7, 11) is 0. The van der Waals surface area contributed by atoms with E-state index in [0.717, 1.165) is 55.6 Å². The molecule has 7 nitrogen and oxygen atoms in total. The first-order valence-electron chi connectivity index (χ1n) is 9.40. The average Bonchev–Trinajstić information content (AvgIpc) is 3.34. The lowest BCUT2D eigenvalue weighted by molar-refractivity contribution is 0.473. The van der Waals surface area contributed by atoms with Crippen molar-refractivity contribution < 1.29 is 0 Å². The van der Waals surface area contributed by atoms with Crippen molar-refractivity contribution in [2.24, 2.45) is 0 Å². The third-order valence-corrected chi connectivity index (χ3v) is 5.40. The molecule has 3 aromatic heterocycles. The van der Waals surface area contributed by atoms with Gasteiger partial charge in [0, 0.05) is 48.9 Å². The maximum atomic E-state index is 4.67. The van der Waals surface area contributed by atoms with Crippen LogP contribution < -0.4 is 10.2 Å². The van der Waals surface area contributed by atoms with Crippen LogP contribution in [0.2, 0.25) is 0 Å². The minimum Gasteiger partial charge on any atom is -0.368 e. The van der Waals surface area contributed by atoms with Gasteiger partial charge in [0.1, 0.15) is 23.8 Å². The largest absolute Gasteiger partial charge is 0.368 e. The van der Waals surface area contributed by atoms with E-state index in [1.807, 2.05) is 17.8 Å². The van der Waals surface area contributed by atoms with E-state index in [9.17, 15) is 0 Å². The van der Waals surface area contributed by atoms with Gasteiger partial charge in [0.25, 0.3) is 0 Å². The molecule has 8 heteroatoms. The summed E-state index contributed by atoms with van der Waals surface area (Å²) < 4.78 is 2.23. The summed E-state index contributed by atoms with van der Waals surface area (Å²) in [6.07, 6.45) is 7.88. The van der Waals surface area contributed by atoms with E-state index < -0.39 is 0 Å². The molecule has 4 rings (SSSR count). The second-order valence-electron chi connectivity index (χ2n) is 7.24. The number of nitrogens with zero attached hydrogens (tertiary/aromatic N) is 6. The number of aromatic nitrogens is 5. The molecular formula is C19H25N7S. The van der Waals surface area contributed by atoms with Gasteiger partial charge in [-0.3, -0.25) is 0 Å². The SMILES string of the molecule is CC(C)Nc1cc(N2CCC[C@H](c3nccn3Cc3cscn3)C2)ncn1. The fourth-order valence-electron chi connectivity index (χ4n) is 3.60. The highest BCUT2D eigenvalue weighted by atomic mass is 32.1. The first-order valence-corrected chi connectivity index (χ1v) is 10.3. The number of rotatable bonds is 6. The molecule has 1 aliphatic rings. The quantitative estimate of drug-likeness (QED) is 0.704. The fraction of sp³-hybridized carbons (Fsp3) is 0.474. The zero-order valence-electron chi connectivity index (χ0n) is 15.7. The Bertz CT molecular complexity index is 859. The fourth-order valence-corrected chi connectivity index (χ4v) is 4.14. The maximum Gasteiger partial charge on any atom is 0.134 e. The monoisotopic (exact) mass is 383 g/mol. The number of piperidine rings is 1. The van der Waals surface area contributed by atoms with Crippen LogP contribution in [0, 0.1) is 0 Å². The first-order chi connectivity index (χ1) is 13.2. The molecule has 0 aromatic carbocycles. The highest BCUT2D eigenvalue weighted by Gasteiger charge is 2.26. The Morgan fingerprint density at radius 1 is 1.26 bits per heavy atom. The predicted octanol–water partition coefficient (Wildman–Crippen LogP) is 3.38. The number of imidazole rings is 1. The minimum absolute atomic E-state index is 0.347. The Morgan fingerprint density at radius 2 is 2.19 bits per heavy atom. The van der Waals surface area contributed by atoms with Crippen LogP contribution in [0.3, 0.4) is 0 Å². The molecule has 4 heterocycles. The van der Waals surface area contributed by atoms with E-state index >= 15 is 0 Å². The maximum absolute atomic E-state index is 4.67. The summed E-state index contributed by atoms with van der Waals surface area (Å²) in [4.78, 5) is 20.3. The van der Waals surface area contributed by atoms with Crippen LogP contribution in [0.25, 0.3) is 0 Å². The van der Waals surface area contributed by atoms with Gasteiger partial charge in [-0.15, -0.1) is 11.3 Å². The molecular weight excluding hydrogens is 358 g/mol. The van der Waals surface area contributed by atoms with Crippen LogP contribution in [0.1, 0.15) is 44.1 Å². The lowest BCUT2D eigenvalue weighted by atomic mass is 9.97. The van der Waals surface area contributed by atoms with Crippen molar-refractivity contribution in [2.45, 2.75) is 45.2 Å². The van der Waals surface area contributed by atoms with Gasteiger partial charge in [-0.1, -0.05) is 0 Å². The highest BCUT2D eigenvalue weighted by molar-refractivity contribution is 7.07. The topological polar surface area (TPSA) is 71.8 Å². The molecule has 3 aromatic rings. The second kappa shape index (κ2) is 8.04. The van der Waals surface area contributed by atoms with Crippen molar-refractivity contribution in [3.63, 3.8) is 0 Å². The highest BCUT2D eigenvalue weighted by Crippen LogP contribution is 2.29. The lowest BCUT2D eigenvalue weighted by Crippen LogP contribution is -2.36. The summed E-state index contributed by atoms with van der Waals surface area (Å²) in [5.41, 5.74) is 2.97. The van der Waals surface area contributed by atoms with Gasteiger partial charge in [-0.05, 0) is 26.7 Å². The average molecular weight is 384 g/mol. The van der Waals surface area contributed by atoms with Crippen molar-refractivity contribution in [1.82, 2.24) is 24.5 Å². The summed E-state index contributed by atoms with van der Waals surface area (Å²) >= 11 is 1.63. The van der Waals surface area contributed by atoms with E-state index in [1.165, 1.54) is 0 Å². The number of nitrogens with one attached hydrogen (secondary N) is 1. The van der Waals surface area contributed by atoms with Crippen molar-refractivity contribution in [3.05, 3.63) is 47.2 Å². The van der Waals surface area contributed by atoms with Crippen LogP contribution in [-0.4, -0.2) is 43.6 Å². The van der Waals surface area contributed by atoms with E-state index in [2.05, 4.69) is 60.1 Å². The molecule has 0 aliphatic carbocycles. The molecule has 0 unspecified atom stereocenters. The Hall–Kier alpha value is -2.48. The van der Waals surface area contributed by atoms with Crippen molar-refractivity contribution in [2.75, 3.05) is 23.3 Å². The Labute approximate surface area is 163 Å². The Kier molecular flexibility index (Phi) is 5.33. The molecule has 1 atom stereocenters. The molecule has 1 aliphatic heterocycles. The number of anilines is 2. The van der Waals surface area contributed by atoms with E-state index in [0.29, 0.717) is 12.0 Å². The Balaban J connectivity index is 1.50. The summed E-state index contributed by atoms with van der Waals surface area (Å²) in [6, 6.07) is 2.39. The standard InChI is InChI=1S/C19H25N7S/c1-14(2)24-17-8-18(22-12-21-17)25-6-3-4-15(9-25)19-20-5-7-26(19)10-16-11-27-13-23-16/h5,7-8,11-15H,3-4,6,9-10H2,1-2H3,(H,21,22,24)/t15-/m0/s1. The predicted molar refractivity (Wildman–Crippen MR) is 108 cm³/mol. The van der Waals surface area contributed by atoms with Gasteiger partial charge in [0.2, 0.25) is 0 Å². The zero-order valence-corrected chi connectivity index (χ0v) is 16.6. The Morgan fingerprint density at radius 3 is 3.00 bits per heavy atom. The van der Waals surface area contributed by atoms with Crippen molar-refractivity contribution in [3.8, 4) is 0 Å². The van der Waals surface area contributed by atoms with E-state index in [4.69, 9.17) is 0 Å². The molecule has 0 radical (unpaired) electrons. The molecule has 27 heavy (non-hydrogen) atoms. The second-order valence-corrected chi connectivity index (χ2v) is 7.96. The van der Waals surface area contributed by atoms with Gasteiger partial charge < -0.3 is 14.8 Å². The van der Waals surface area contributed by atoms with E-state index in [-0.39, 0.29) is 0 Å². The molecule has 0 spiro atoms. The molecule has 0 saturated carbocycles. The van der Waals surface area contributed by atoms with Gasteiger partial charge in [0.05, 0.1) is 17.7 Å². The van der Waals surface area contributed by atoms with Crippen molar-refractivity contribution >= 4 is 23.0 Å². The minimum atomic E-state index is 0.347.